The molecular weight excluding hydrogens is 172 g/mol. The molecule has 0 saturated heterocycles. The summed E-state index contributed by atoms with van der Waals surface area (Å²) in [6.45, 7) is 2.15. The van der Waals surface area contributed by atoms with Crippen LogP contribution in [-0.2, 0) is 0 Å². The lowest BCUT2D eigenvalue weighted by molar-refractivity contribution is 0.137. The lowest BCUT2D eigenvalue weighted by Crippen LogP contribution is -2.44. The van der Waals surface area contributed by atoms with E-state index in [2.05, 4.69) is 6.92 Å². The standard InChI is InChI=1S/C7H16N2.CH2O3/c1-5-6(8)3-2-4-7(5)9;2-1(3)4/h5-7H,2-4,8-9H2,1H3;(H2,2,3,4). The molecule has 1 aliphatic carbocycles. The van der Waals surface area contributed by atoms with Crippen molar-refractivity contribution in [2.45, 2.75) is 38.3 Å². The largest absolute Gasteiger partial charge is 0.503 e. The van der Waals surface area contributed by atoms with Crippen molar-refractivity contribution in [2.24, 2.45) is 17.4 Å². The van der Waals surface area contributed by atoms with Crippen LogP contribution >= 0.6 is 0 Å². The van der Waals surface area contributed by atoms with Crippen molar-refractivity contribution in [1.29, 1.82) is 0 Å². The molecule has 78 valence electrons. The van der Waals surface area contributed by atoms with Gasteiger partial charge in [0.2, 0.25) is 0 Å². The summed E-state index contributed by atoms with van der Waals surface area (Å²) in [5, 5.41) is 13.9. The van der Waals surface area contributed by atoms with Crippen LogP contribution < -0.4 is 11.5 Å². The van der Waals surface area contributed by atoms with Gasteiger partial charge in [0.05, 0.1) is 0 Å². The Hall–Kier alpha value is -0.810. The first-order chi connectivity index (χ1) is 5.95. The van der Waals surface area contributed by atoms with Crippen LogP contribution in [0.5, 0.6) is 0 Å². The highest BCUT2D eigenvalue weighted by molar-refractivity contribution is 5.53. The van der Waals surface area contributed by atoms with E-state index in [0.29, 0.717) is 18.0 Å². The molecule has 5 nitrogen and oxygen atoms in total. The third-order valence-corrected chi connectivity index (χ3v) is 2.43. The van der Waals surface area contributed by atoms with Gasteiger partial charge in [0.25, 0.3) is 0 Å². The molecule has 0 spiro atoms. The second kappa shape index (κ2) is 5.77. The molecule has 13 heavy (non-hydrogen) atoms. The molecule has 6 N–H and O–H groups in total. The van der Waals surface area contributed by atoms with Gasteiger partial charge in [0.15, 0.2) is 0 Å². The zero-order chi connectivity index (χ0) is 10.4. The van der Waals surface area contributed by atoms with E-state index in [9.17, 15) is 0 Å². The quantitative estimate of drug-likeness (QED) is 0.449. The van der Waals surface area contributed by atoms with Gasteiger partial charge in [-0.3, -0.25) is 0 Å². The molecule has 0 aromatic carbocycles. The fourth-order valence-electron chi connectivity index (χ4n) is 1.43. The third-order valence-electron chi connectivity index (χ3n) is 2.43. The van der Waals surface area contributed by atoms with Crippen LogP contribution in [0.15, 0.2) is 0 Å². The van der Waals surface area contributed by atoms with Crippen molar-refractivity contribution in [3.63, 3.8) is 0 Å². The van der Waals surface area contributed by atoms with Gasteiger partial charge in [-0.2, -0.15) is 0 Å². The Morgan fingerprint density at radius 2 is 1.54 bits per heavy atom. The Balaban J connectivity index is 0.000000310. The van der Waals surface area contributed by atoms with Crippen LogP contribution in [0.2, 0.25) is 0 Å². The van der Waals surface area contributed by atoms with Gasteiger partial charge >= 0.3 is 6.16 Å². The molecule has 0 heterocycles. The van der Waals surface area contributed by atoms with E-state index in [1.54, 1.807) is 0 Å². The summed E-state index contributed by atoms with van der Waals surface area (Å²) in [6, 6.07) is 0.711. The molecular formula is C8H18N2O3. The Kier molecular flexibility index (Phi) is 5.41. The van der Waals surface area contributed by atoms with Gasteiger partial charge in [0.1, 0.15) is 0 Å². The van der Waals surface area contributed by atoms with Crippen LogP contribution in [0.3, 0.4) is 0 Å². The van der Waals surface area contributed by atoms with Crippen molar-refractivity contribution in [1.82, 2.24) is 0 Å². The van der Waals surface area contributed by atoms with E-state index >= 15 is 0 Å². The minimum absolute atomic E-state index is 0.355. The summed E-state index contributed by atoms with van der Waals surface area (Å²) in [7, 11) is 0. The average Bonchev–Trinajstić information content (AvgIpc) is 1.99. The molecule has 5 heteroatoms. The van der Waals surface area contributed by atoms with E-state index < -0.39 is 6.16 Å². The van der Waals surface area contributed by atoms with Crippen LogP contribution in [0.25, 0.3) is 0 Å². The summed E-state index contributed by atoms with van der Waals surface area (Å²) in [5.74, 6) is 0.527. The molecule has 0 aromatic rings. The van der Waals surface area contributed by atoms with Crippen LogP contribution in [0.1, 0.15) is 26.2 Å². The molecule has 1 saturated carbocycles. The smallest absolute Gasteiger partial charge is 0.450 e. The number of hydrogen-bond donors (Lipinski definition) is 4. The Morgan fingerprint density at radius 1 is 1.23 bits per heavy atom. The first-order valence-corrected chi connectivity index (χ1v) is 4.38. The zero-order valence-corrected chi connectivity index (χ0v) is 7.81. The molecule has 0 aromatic heterocycles. The molecule has 1 rings (SSSR count). The summed E-state index contributed by atoms with van der Waals surface area (Å²) in [6.07, 6.45) is 1.70. The highest BCUT2D eigenvalue weighted by Crippen LogP contribution is 2.20. The molecule has 0 amide bonds. The van der Waals surface area contributed by atoms with Gasteiger partial charge < -0.3 is 21.7 Å². The van der Waals surface area contributed by atoms with Crippen molar-refractivity contribution in [3.05, 3.63) is 0 Å². The number of nitrogens with two attached hydrogens (primary N) is 2. The van der Waals surface area contributed by atoms with Gasteiger partial charge in [0, 0.05) is 12.1 Å². The first kappa shape index (κ1) is 12.2. The van der Waals surface area contributed by atoms with Crippen molar-refractivity contribution < 1.29 is 15.0 Å². The van der Waals surface area contributed by atoms with Gasteiger partial charge in [-0.15, -0.1) is 0 Å². The number of carboxylic acid groups (broad SMARTS) is 2. The van der Waals surface area contributed by atoms with E-state index in [1.807, 2.05) is 0 Å². The normalized spacial score (nSPS) is 33.0. The molecule has 2 atom stereocenters. The van der Waals surface area contributed by atoms with E-state index in [0.717, 1.165) is 12.8 Å². The molecule has 0 aliphatic heterocycles. The molecule has 1 aliphatic rings. The number of rotatable bonds is 0. The Morgan fingerprint density at radius 3 is 1.77 bits per heavy atom. The molecule has 2 unspecified atom stereocenters. The van der Waals surface area contributed by atoms with E-state index in [1.165, 1.54) is 6.42 Å². The first-order valence-electron chi connectivity index (χ1n) is 4.38. The summed E-state index contributed by atoms with van der Waals surface area (Å²) >= 11 is 0. The van der Waals surface area contributed by atoms with E-state index in [4.69, 9.17) is 26.5 Å². The van der Waals surface area contributed by atoms with Crippen molar-refractivity contribution in [3.8, 4) is 0 Å². The Bertz CT molecular complexity index is 149. The maximum Gasteiger partial charge on any atom is 0.503 e. The van der Waals surface area contributed by atoms with Crippen molar-refractivity contribution >= 4 is 6.16 Å². The summed E-state index contributed by atoms with van der Waals surface area (Å²) in [4.78, 5) is 8.56. The molecule has 1 fully saturated rings. The van der Waals surface area contributed by atoms with Crippen LogP contribution in [0, 0.1) is 5.92 Å². The Labute approximate surface area is 77.7 Å². The second-order valence-corrected chi connectivity index (χ2v) is 3.40. The minimum atomic E-state index is -1.83. The predicted octanol–water partition coefficient (Wildman–Crippen LogP) is 0.683. The highest BCUT2D eigenvalue weighted by atomic mass is 16.6. The lowest BCUT2D eigenvalue weighted by atomic mass is 9.83. The zero-order valence-electron chi connectivity index (χ0n) is 7.81. The predicted molar refractivity (Wildman–Crippen MR) is 49.6 cm³/mol. The van der Waals surface area contributed by atoms with Gasteiger partial charge in [-0.25, -0.2) is 4.79 Å². The number of hydrogen-bond acceptors (Lipinski definition) is 3. The van der Waals surface area contributed by atoms with E-state index in [-0.39, 0.29) is 0 Å². The average molecular weight is 190 g/mol. The highest BCUT2D eigenvalue weighted by Gasteiger charge is 2.23. The maximum atomic E-state index is 8.56. The monoisotopic (exact) mass is 190 g/mol. The topological polar surface area (TPSA) is 110 Å². The molecule has 0 radical (unpaired) electrons. The van der Waals surface area contributed by atoms with Crippen LogP contribution in [0.4, 0.5) is 4.79 Å². The SMILES string of the molecule is CC1C(N)CCCC1N.O=C(O)O. The maximum absolute atomic E-state index is 8.56. The minimum Gasteiger partial charge on any atom is -0.450 e. The van der Waals surface area contributed by atoms with Crippen molar-refractivity contribution in [2.75, 3.05) is 0 Å². The van der Waals surface area contributed by atoms with Crippen LogP contribution in [-0.4, -0.2) is 28.5 Å². The van der Waals surface area contributed by atoms with Gasteiger partial charge in [-0.05, 0) is 18.8 Å². The molecule has 0 bridgehead atoms. The second-order valence-electron chi connectivity index (χ2n) is 3.40. The summed E-state index contributed by atoms with van der Waals surface area (Å²) in [5.41, 5.74) is 11.6. The van der Waals surface area contributed by atoms with Gasteiger partial charge in [-0.1, -0.05) is 13.3 Å². The third kappa shape index (κ3) is 5.43. The number of carbonyl (C=O) groups is 1. The lowest BCUT2D eigenvalue weighted by Gasteiger charge is -2.30. The summed E-state index contributed by atoms with van der Waals surface area (Å²) < 4.78 is 0. The fourth-order valence-corrected chi connectivity index (χ4v) is 1.43. The fraction of sp³-hybridized carbons (Fsp3) is 0.875.